The van der Waals surface area contributed by atoms with Gasteiger partial charge in [0.25, 0.3) is 0 Å². The van der Waals surface area contributed by atoms with Crippen molar-refractivity contribution >= 4 is 70.1 Å². The Morgan fingerprint density at radius 2 is 0.860 bits per heavy atom. The summed E-state index contributed by atoms with van der Waals surface area (Å²) in [6, 6.07) is 0. The summed E-state index contributed by atoms with van der Waals surface area (Å²) in [4.78, 5) is 84.7. The van der Waals surface area contributed by atoms with E-state index in [0.29, 0.717) is 13.1 Å². The molecule has 0 aromatic carbocycles. The lowest BCUT2D eigenvalue weighted by Crippen LogP contribution is -2.30. The summed E-state index contributed by atoms with van der Waals surface area (Å²) < 4.78 is 35.0. The molecule has 0 spiro atoms. The summed E-state index contributed by atoms with van der Waals surface area (Å²) >= 11 is 0. The Hall–Kier alpha value is -4.86. The molecule has 0 saturated heterocycles. The quantitative estimate of drug-likeness (QED) is 0.0179. The summed E-state index contributed by atoms with van der Waals surface area (Å²) in [6.07, 6.45) is -5.27. The predicted octanol–water partition coefficient (Wildman–Crippen LogP) is -2.58. The topological polar surface area (TPSA) is 403 Å². The van der Waals surface area contributed by atoms with Crippen LogP contribution in [0.2, 0.25) is 0 Å². The molecule has 0 aliphatic rings. The second kappa shape index (κ2) is 37.0. The Morgan fingerprint density at radius 1 is 0.440 bits per heavy atom. The van der Waals surface area contributed by atoms with Crippen LogP contribution in [0, 0.1) is 0 Å². The number of rotatable bonds is 22. The molecule has 0 aliphatic carbocycles. The molecule has 290 valence electrons. The number of hydrogen-bond acceptors (Lipinski definition) is 21. The highest BCUT2D eigenvalue weighted by atomic mass is 33.1. The maximum atomic E-state index is 10.9. The van der Waals surface area contributed by atoms with Gasteiger partial charge in [-0.15, -0.1) is 0 Å². The second-order valence-electron chi connectivity index (χ2n) is 7.77. The molecule has 0 fully saturated rings. The van der Waals surface area contributed by atoms with E-state index in [-0.39, 0.29) is 52.2 Å². The third kappa shape index (κ3) is 45.3. The van der Waals surface area contributed by atoms with Gasteiger partial charge in [0.2, 0.25) is 20.4 Å². The first-order valence-electron chi connectivity index (χ1n) is 13.9. The van der Waals surface area contributed by atoms with Crippen molar-refractivity contribution in [2.24, 2.45) is 34.4 Å². The molecule has 0 aromatic rings. The maximum absolute atomic E-state index is 10.9. The molecular formula is C23H45N9O16S2. The molecule has 0 unspecified atom stereocenters. The monoisotopic (exact) mass is 767 g/mol. The number of primary amides is 3. The van der Waals surface area contributed by atoms with Crippen molar-refractivity contribution in [3.8, 4) is 0 Å². The predicted molar refractivity (Wildman–Crippen MR) is 173 cm³/mol. The van der Waals surface area contributed by atoms with Crippen molar-refractivity contribution in [1.82, 2.24) is 16.0 Å². The molecule has 0 bridgehead atoms. The minimum Gasteiger partial charge on any atom is -0.464 e. The highest BCUT2D eigenvalue weighted by Crippen LogP contribution is 2.18. The molecule has 0 saturated carbocycles. The SMILES string of the molecule is NCCC(=O)OCCNC(=O)OCOC(N)=O.NCCOC(=O)CCNC(=O)OCOC(N)=O.NCCSSCCNC(=O)OCOC(N)=O. The van der Waals surface area contributed by atoms with E-state index in [4.69, 9.17) is 17.2 Å². The fraction of sp³-hybridized carbons (Fsp3) is 0.652. The standard InChI is InChI=1S/2C8H15N3O6.C7H15N3O4S2/c9-2-4-15-6(12)1-3-11-8(14)17-5-16-7(10)13;9-2-1-6(12)15-4-3-11-8(14)17-5-16-7(10)13;8-1-3-15-16-4-2-10-7(12)14-5-13-6(9)11/h2*1-5,9H2,(H2,10,13)(H,11,14);1-5,8H2,(H2,9,11)(H,10,12). The third-order valence-corrected chi connectivity index (χ3v) is 6.31. The number of amides is 6. The Kier molecular flexibility index (Phi) is 36.6. The van der Waals surface area contributed by atoms with E-state index >= 15 is 0 Å². The number of carbonyl (C=O) groups excluding carboxylic acids is 8. The molecule has 15 N–H and O–H groups in total. The van der Waals surface area contributed by atoms with Crippen molar-refractivity contribution in [2.45, 2.75) is 12.8 Å². The van der Waals surface area contributed by atoms with Gasteiger partial charge in [-0.1, -0.05) is 21.6 Å². The number of carbonyl (C=O) groups is 8. The van der Waals surface area contributed by atoms with E-state index < -0.39 is 68.9 Å². The van der Waals surface area contributed by atoms with Crippen molar-refractivity contribution in [1.29, 1.82) is 0 Å². The Balaban J connectivity index is -0.000000663. The zero-order chi connectivity index (χ0) is 38.4. The zero-order valence-electron chi connectivity index (χ0n) is 26.9. The molecule has 0 heterocycles. The molecule has 0 radical (unpaired) electrons. The summed E-state index contributed by atoms with van der Waals surface area (Å²) in [5.41, 5.74) is 29.4. The minimum absolute atomic E-state index is 0.00457. The summed E-state index contributed by atoms with van der Waals surface area (Å²) in [5, 5.41) is 6.97. The van der Waals surface area contributed by atoms with Crippen LogP contribution in [0.4, 0.5) is 28.8 Å². The van der Waals surface area contributed by atoms with Crippen molar-refractivity contribution in [3.63, 3.8) is 0 Å². The van der Waals surface area contributed by atoms with Gasteiger partial charge >= 0.3 is 48.5 Å². The number of hydrogen-bond donors (Lipinski definition) is 9. The van der Waals surface area contributed by atoms with Gasteiger partial charge in [-0.2, -0.15) is 0 Å². The van der Waals surface area contributed by atoms with Gasteiger partial charge < -0.3 is 88.2 Å². The van der Waals surface area contributed by atoms with Gasteiger partial charge in [-0.05, 0) is 0 Å². The van der Waals surface area contributed by atoms with Gasteiger partial charge in [0.1, 0.15) is 13.2 Å². The molecule has 0 aliphatic heterocycles. The average molecular weight is 768 g/mol. The first-order chi connectivity index (χ1) is 23.8. The van der Waals surface area contributed by atoms with Crippen LogP contribution < -0.4 is 50.4 Å². The second-order valence-corrected chi connectivity index (χ2v) is 10.5. The first-order valence-corrected chi connectivity index (χ1v) is 16.4. The van der Waals surface area contributed by atoms with Crippen molar-refractivity contribution in [2.75, 3.05) is 84.4 Å². The first kappa shape index (κ1) is 49.5. The zero-order valence-corrected chi connectivity index (χ0v) is 28.6. The lowest BCUT2D eigenvalue weighted by molar-refractivity contribution is -0.144. The van der Waals surface area contributed by atoms with Crippen LogP contribution in [0.3, 0.4) is 0 Å². The van der Waals surface area contributed by atoms with Gasteiger partial charge in [0.05, 0.1) is 19.4 Å². The van der Waals surface area contributed by atoms with E-state index in [2.05, 4.69) is 71.0 Å². The normalized spacial score (nSPS) is 9.34. The van der Waals surface area contributed by atoms with E-state index in [0.717, 1.165) is 11.5 Å². The van der Waals surface area contributed by atoms with Gasteiger partial charge in [0.15, 0.2) is 0 Å². The van der Waals surface area contributed by atoms with Crippen LogP contribution in [-0.4, -0.2) is 133 Å². The molecular weight excluding hydrogens is 722 g/mol. The minimum atomic E-state index is -1.05. The van der Waals surface area contributed by atoms with Crippen LogP contribution in [0.15, 0.2) is 0 Å². The lowest BCUT2D eigenvalue weighted by Gasteiger charge is -2.07. The number of nitrogens with one attached hydrogen (secondary N) is 3. The maximum Gasteiger partial charge on any atom is 0.410 e. The number of ether oxygens (including phenoxy) is 8. The smallest absolute Gasteiger partial charge is 0.410 e. The molecule has 0 atom stereocenters. The fourth-order valence-corrected chi connectivity index (χ4v) is 3.72. The Morgan fingerprint density at radius 3 is 1.30 bits per heavy atom. The number of alkyl carbamates (subject to hydrolysis) is 3. The van der Waals surface area contributed by atoms with Crippen molar-refractivity contribution in [3.05, 3.63) is 0 Å². The summed E-state index contributed by atoms with van der Waals surface area (Å²) in [7, 11) is 3.25. The van der Waals surface area contributed by atoms with Crippen LogP contribution in [0.25, 0.3) is 0 Å². The Bertz CT molecular complexity index is 1000. The Labute approximate surface area is 293 Å². The molecule has 6 amide bonds. The number of esters is 2. The fourth-order valence-electron chi connectivity index (χ4n) is 1.96. The van der Waals surface area contributed by atoms with E-state index in [1.807, 2.05) is 0 Å². The highest BCUT2D eigenvalue weighted by molar-refractivity contribution is 8.76. The summed E-state index contributed by atoms with van der Waals surface area (Å²) in [5.74, 6) is 0.696. The molecule has 0 rings (SSSR count). The van der Waals surface area contributed by atoms with E-state index in [9.17, 15) is 38.4 Å². The molecule has 0 aromatic heterocycles. The van der Waals surface area contributed by atoms with Gasteiger partial charge in [-0.3, -0.25) is 9.59 Å². The molecule has 25 nitrogen and oxygen atoms in total. The third-order valence-electron chi connectivity index (χ3n) is 3.88. The van der Waals surface area contributed by atoms with E-state index in [1.54, 1.807) is 21.6 Å². The molecule has 27 heteroatoms. The average Bonchev–Trinajstić information content (AvgIpc) is 3.04. The van der Waals surface area contributed by atoms with Crippen LogP contribution >= 0.6 is 21.6 Å². The lowest BCUT2D eigenvalue weighted by atomic mass is 10.4. The van der Waals surface area contributed by atoms with Gasteiger partial charge in [-0.25, -0.2) is 28.8 Å². The van der Waals surface area contributed by atoms with Crippen LogP contribution in [0.5, 0.6) is 0 Å². The van der Waals surface area contributed by atoms with Crippen LogP contribution in [0.1, 0.15) is 12.8 Å². The van der Waals surface area contributed by atoms with E-state index in [1.165, 1.54) is 0 Å². The van der Waals surface area contributed by atoms with Crippen LogP contribution in [-0.2, 0) is 47.5 Å². The molecule has 50 heavy (non-hydrogen) atoms. The van der Waals surface area contributed by atoms with Crippen molar-refractivity contribution < 1.29 is 76.3 Å². The highest BCUT2D eigenvalue weighted by Gasteiger charge is 2.07. The largest absolute Gasteiger partial charge is 0.464 e. The summed E-state index contributed by atoms with van der Waals surface area (Å²) in [6.45, 7) is 0.174. The number of nitrogens with two attached hydrogens (primary N) is 6. The van der Waals surface area contributed by atoms with Gasteiger partial charge in [0, 0.05) is 44.2 Å².